The van der Waals surface area contributed by atoms with Crippen LogP contribution in [-0.4, -0.2) is 11.8 Å². The molecule has 3 heteroatoms. The third-order valence-corrected chi connectivity index (χ3v) is 4.55. The van der Waals surface area contributed by atoms with Crippen molar-refractivity contribution in [1.82, 2.24) is 5.32 Å². The Morgan fingerprint density at radius 3 is 2.56 bits per heavy atom. The fourth-order valence-electron chi connectivity index (χ4n) is 1.56. The van der Waals surface area contributed by atoms with Crippen LogP contribution in [0.2, 0.25) is 5.02 Å². The monoisotopic (exact) mass is 285 g/mol. The largest absolute Gasteiger partial charge is 0.312 e. The SMILES string of the molecule is CCC(C)Sc1ccc(CNCC(C)C)cc1Cl. The summed E-state index contributed by atoms with van der Waals surface area (Å²) in [5.41, 5.74) is 1.26. The van der Waals surface area contributed by atoms with Crippen LogP contribution in [0.15, 0.2) is 23.1 Å². The number of rotatable bonds is 7. The molecule has 0 radical (unpaired) electrons. The van der Waals surface area contributed by atoms with Gasteiger partial charge in [-0.1, -0.05) is 45.4 Å². The number of hydrogen-bond donors (Lipinski definition) is 1. The molecule has 0 heterocycles. The van der Waals surface area contributed by atoms with Gasteiger partial charge in [0, 0.05) is 16.7 Å². The summed E-state index contributed by atoms with van der Waals surface area (Å²) in [6, 6.07) is 6.40. The average Bonchev–Trinajstić information content (AvgIpc) is 2.32. The van der Waals surface area contributed by atoms with E-state index < -0.39 is 0 Å². The molecule has 0 aliphatic heterocycles. The first-order chi connectivity index (χ1) is 8.52. The molecule has 1 aromatic carbocycles. The molecule has 0 spiro atoms. The molecule has 0 bridgehead atoms. The minimum atomic E-state index is 0.618. The van der Waals surface area contributed by atoms with E-state index in [9.17, 15) is 0 Å². The average molecular weight is 286 g/mol. The highest BCUT2D eigenvalue weighted by Crippen LogP contribution is 2.32. The summed E-state index contributed by atoms with van der Waals surface area (Å²) >= 11 is 8.18. The van der Waals surface area contributed by atoms with Crippen molar-refractivity contribution < 1.29 is 0 Å². The van der Waals surface area contributed by atoms with Gasteiger partial charge >= 0.3 is 0 Å². The van der Waals surface area contributed by atoms with Crippen molar-refractivity contribution >= 4 is 23.4 Å². The smallest absolute Gasteiger partial charge is 0.0545 e. The molecule has 0 amide bonds. The second kappa shape index (κ2) is 8.08. The first-order valence-electron chi connectivity index (χ1n) is 6.68. The molecule has 0 saturated heterocycles. The molecule has 1 unspecified atom stereocenters. The van der Waals surface area contributed by atoms with Gasteiger partial charge < -0.3 is 5.32 Å². The molecule has 1 nitrogen and oxygen atoms in total. The number of thioether (sulfide) groups is 1. The lowest BCUT2D eigenvalue weighted by Crippen LogP contribution is -2.18. The van der Waals surface area contributed by atoms with E-state index in [1.165, 1.54) is 16.9 Å². The van der Waals surface area contributed by atoms with Crippen molar-refractivity contribution in [3.8, 4) is 0 Å². The maximum Gasteiger partial charge on any atom is 0.0545 e. The molecule has 18 heavy (non-hydrogen) atoms. The van der Waals surface area contributed by atoms with Crippen LogP contribution in [0.3, 0.4) is 0 Å². The Balaban J connectivity index is 2.56. The Morgan fingerprint density at radius 2 is 2.00 bits per heavy atom. The summed E-state index contributed by atoms with van der Waals surface area (Å²) in [6.07, 6.45) is 1.17. The Bertz CT molecular complexity index is 366. The quantitative estimate of drug-likeness (QED) is 0.710. The van der Waals surface area contributed by atoms with Crippen LogP contribution in [0.5, 0.6) is 0 Å². The number of halogens is 1. The van der Waals surface area contributed by atoms with E-state index in [4.69, 9.17) is 11.6 Å². The van der Waals surface area contributed by atoms with Crippen LogP contribution >= 0.6 is 23.4 Å². The lowest BCUT2D eigenvalue weighted by molar-refractivity contribution is 0.552. The van der Waals surface area contributed by atoms with Crippen LogP contribution in [0.1, 0.15) is 39.7 Å². The maximum atomic E-state index is 6.32. The molecule has 1 N–H and O–H groups in total. The lowest BCUT2D eigenvalue weighted by atomic mass is 10.2. The van der Waals surface area contributed by atoms with Gasteiger partial charge in [-0.25, -0.2) is 0 Å². The summed E-state index contributed by atoms with van der Waals surface area (Å²) in [5, 5.41) is 4.93. The topological polar surface area (TPSA) is 12.0 Å². The molecular formula is C15H24ClNS. The summed E-state index contributed by atoms with van der Waals surface area (Å²) < 4.78 is 0. The van der Waals surface area contributed by atoms with Gasteiger partial charge in [0.25, 0.3) is 0 Å². The third-order valence-electron chi connectivity index (χ3n) is 2.78. The molecule has 102 valence electrons. The molecule has 0 aliphatic carbocycles. The van der Waals surface area contributed by atoms with Crippen molar-refractivity contribution in [3.63, 3.8) is 0 Å². The Hall–Kier alpha value is -0.180. The van der Waals surface area contributed by atoms with E-state index in [1.807, 2.05) is 11.8 Å². The van der Waals surface area contributed by atoms with Gasteiger partial charge in [0.2, 0.25) is 0 Å². The van der Waals surface area contributed by atoms with E-state index in [1.54, 1.807) is 0 Å². The van der Waals surface area contributed by atoms with E-state index in [2.05, 4.69) is 51.2 Å². The predicted octanol–water partition coefficient (Wildman–Crippen LogP) is 4.98. The van der Waals surface area contributed by atoms with Gasteiger partial charge in [-0.2, -0.15) is 0 Å². The van der Waals surface area contributed by atoms with E-state index in [0.717, 1.165) is 18.1 Å². The van der Waals surface area contributed by atoms with Crippen LogP contribution < -0.4 is 5.32 Å². The van der Waals surface area contributed by atoms with E-state index in [0.29, 0.717) is 11.2 Å². The highest BCUT2D eigenvalue weighted by Gasteiger charge is 2.06. The van der Waals surface area contributed by atoms with Crippen molar-refractivity contribution in [2.45, 2.75) is 50.8 Å². The molecule has 0 fully saturated rings. The zero-order valence-electron chi connectivity index (χ0n) is 11.8. The van der Waals surface area contributed by atoms with Crippen LogP contribution in [0, 0.1) is 5.92 Å². The van der Waals surface area contributed by atoms with Crippen molar-refractivity contribution in [2.75, 3.05) is 6.54 Å². The highest BCUT2D eigenvalue weighted by molar-refractivity contribution is 8.00. The second-order valence-electron chi connectivity index (χ2n) is 5.13. The Labute approximate surface area is 121 Å². The second-order valence-corrected chi connectivity index (χ2v) is 7.01. The molecule has 1 aromatic rings. The van der Waals surface area contributed by atoms with Gasteiger partial charge in [0.1, 0.15) is 0 Å². The maximum absolute atomic E-state index is 6.32. The van der Waals surface area contributed by atoms with Gasteiger partial charge in [-0.3, -0.25) is 0 Å². The minimum Gasteiger partial charge on any atom is -0.312 e. The zero-order valence-corrected chi connectivity index (χ0v) is 13.4. The van der Waals surface area contributed by atoms with Gasteiger partial charge in [0.05, 0.1) is 5.02 Å². The lowest BCUT2D eigenvalue weighted by Gasteiger charge is -2.12. The van der Waals surface area contributed by atoms with Crippen LogP contribution in [-0.2, 0) is 6.54 Å². The fourth-order valence-corrected chi connectivity index (χ4v) is 2.81. The van der Waals surface area contributed by atoms with Gasteiger partial charge in [-0.05, 0) is 36.6 Å². The zero-order chi connectivity index (χ0) is 13.5. The predicted molar refractivity (Wildman–Crippen MR) is 83.6 cm³/mol. The van der Waals surface area contributed by atoms with Gasteiger partial charge in [0.15, 0.2) is 0 Å². The van der Waals surface area contributed by atoms with Crippen molar-refractivity contribution in [3.05, 3.63) is 28.8 Å². The van der Waals surface area contributed by atoms with Crippen LogP contribution in [0.25, 0.3) is 0 Å². The first-order valence-corrected chi connectivity index (χ1v) is 7.94. The van der Waals surface area contributed by atoms with Crippen molar-refractivity contribution in [1.29, 1.82) is 0 Å². The summed E-state index contributed by atoms with van der Waals surface area (Å²) in [4.78, 5) is 1.19. The molecule has 1 atom stereocenters. The molecule has 0 aromatic heterocycles. The Kier molecular flexibility index (Phi) is 7.13. The highest BCUT2D eigenvalue weighted by atomic mass is 35.5. The summed E-state index contributed by atoms with van der Waals surface area (Å²) in [5.74, 6) is 0.681. The van der Waals surface area contributed by atoms with Crippen LogP contribution in [0.4, 0.5) is 0 Å². The number of hydrogen-bond acceptors (Lipinski definition) is 2. The molecule has 0 saturated carbocycles. The molecule has 1 rings (SSSR count). The minimum absolute atomic E-state index is 0.618. The van der Waals surface area contributed by atoms with E-state index >= 15 is 0 Å². The third kappa shape index (κ3) is 5.64. The van der Waals surface area contributed by atoms with Gasteiger partial charge in [-0.15, -0.1) is 11.8 Å². The first kappa shape index (κ1) is 15.9. The standard InChI is InChI=1S/C15H24ClNS/c1-5-12(4)18-15-7-6-13(8-14(15)16)10-17-9-11(2)3/h6-8,11-12,17H,5,9-10H2,1-4H3. The van der Waals surface area contributed by atoms with E-state index in [-0.39, 0.29) is 0 Å². The number of benzene rings is 1. The summed E-state index contributed by atoms with van der Waals surface area (Å²) in [6.45, 7) is 10.8. The fraction of sp³-hybridized carbons (Fsp3) is 0.600. The normalized spacial score (nSPS) is 13.0. The molecular weight excluding hydrogens is 262 g/mol. The Morgan fingerprint density at radius 1 is 1.28 bits per heavy atom. The number of nitrogens with one attached hydrogen (secondary N) is 1. The summed E-state index contributed by atoms with van der Waals surface area (Å²) in [7, 11) is 0. The molecule has 0 aliphatic rings. The van der Waals surface area contributed by atoms with Crippen molar-refractivity contribution in [2.24, 2.45) is 5.92 Å².